The number of rotatable bonds is 7. The maximum absolute atomic E-state index is 13.2. The molecular weight excluding hydrogens is 339 g/mol. The summed E-state index contributed by atoms with van der Waals surface area (Å²) in [5.41, 5.74) is 1.67. The van der Waals surface area contributed by atoms with Crippen molar-refractivity contribution >= 4 is 29.3 Å². The number of benzene rings is 2. The summed E-state index contributed by atoms with van der Waals surface area (Å²) < 4.78 is 13.2. The largest absolute Gasteiger partial charge is 0.340 e. The number of anilines is 1. The van der Waals surface area contributed by atoms with Crippen molar-refractivity contribution in [3.05, 3.63) is 65.5 Å². The van der Waals surface area contributed by atoms with Crippen LogP contribution in [0.5, 0.6) is 0 Å². The molecule has 0 heterocycles. The van der Waals surface area contributed by atoms with Crippen molar-refractivity contribution in [1.29, 1.82) is 0 Å². The van der Waals surface area contributed by atoms with E-state index in [9.17, 15) is 14.0 Å². The van der Waals surface area contributed by atoms with Gasteiger partial charge in [-0.1, -0.05) is 18.2 Å². The van der Waals surface area contributed by atoms with Gasteiger partial charge in [0, 0.05) is 11.3 Å². The Labute approximate surface area is 151 Å². The Morgan fingerprint density at radius 1 is 1.16 bits per heavy atom. The molecule has 25 heavy (non-hydrogen) atoms. The average Bonchev–Trinajstić information content (AvgIpc) is 2.61. The van der Waals surface area contributed by atoms with Crippen molar-refractivity contribution < 1.29 is 14.0 Å². The van der Waals surface area contributed by atoms with Crippen molar-refractivity contribution in [3.63, 3.8) is 0 Å². The monoisotopic (exact) mass is 360 g/mol. The van der Waals surface area contributed by atoms with Crippen LogP contribution in [0.1, 0.15) is 22.3 Å². The van der Waals surface area contributed by atoms with Gasteiger partial charge >= 0.3 is 0 Å². The molecule has 0 spiro atoms. The van der Waals surface area contributed by atoms with Crippen molar-refractivity contribution in [2.75, 3.05) is 17.3 Å². The third-order valence-corrected chi connectivity index (χ3v) is 4.36. The Hall–Kier alpha value is -2.34. The molecule has 1 atom stereocenters. The highest BCUT2D eigenvalue weighted by molar-refractivity contribution is 7.98. The van der Waals surface area contributed by atoms with Crippen LogP contribution in [0.4, 0.5) is 10.1 Å². The van der Waals surface area contributed by atoms with E-state index in [4.69, 9.17) is 0 Å². The van der Waals surface area contributed by atoms with Gasteiger partial charge in [-0.3, -0.25) is 9.59 Å². The topological polar surface area (TPSA) is 58.2 Å². The van der Waals surface area contributed by atoms with E-state index in [1.807, 2.05) is 12.3 Å². The third-order valence-electron chi connectivity index (χ3n) is 3.71. The van der Waals surface area contributed by atoms with Crippen LogP contribution >= 0.6 is 11.8 Å². The minimum Gasteiger partial charge on any atom is -0.340 e. The summed E-state index contributed by atoms with van der Waals surface area (Å²) in [6, 6.07) is 12.3. The summed E-state index contributed by atoms with van der Waals surface area (Å²) in [5, 5.41) is 5.55. The first kappa shape index (κ1) is 19.0. The van der Waals surface area contributed by atoms with Crippen LogP contribution < -0.4 is 10.6 Å². The lowest BCUT2D eigenvalue weighted by atomic mass is 10.1. The van der Waals surface area contributed by atoms with Crippen molar-refractivity contribution in [2.45, 2.75) is 19.4 Å². The van der Waals surface area contributed by atoms with Crippen LogP contribution in [0.2, 0.25) is 0 Å². The number of thioether (sulfide) groups is 1. The number of aryl methyl sites for hydroxylation is 1. The molecule has 2 aromatic rings. The molecule has 0 aliphatic heterocycles. The van der Waals surface area contributed by atoms with Crippen molar-refractivity contribution in [3.8, 4) is 0 Å². The molecule has 0 aliphatic rings. The molecule has 2 aromatic carbocycles. The molecule has 0 aliphatic carbocycles. The zero-order valence-electron chi connectivity index (χ0n) is 14.2. The predicted octanol–water partition coefficient (Wildman–Crippen LogP) is 3.62. The standard InChI is InChI=1S/C19H21FN2O2S/c1-13-12-15(20)8-9-16(13)21-19(24)17(10-11-25-2)22-18(23)14-6-4-3-5-7-14/h3-9,12,17H,10-11H2,1-2H3,(H,21,24)(H,22,23)/t17-/m1/s1. The fraction of sp³-hybridized carbons (Fsp3) is 0.263. The number of hydrogen-bond donors (Lipinski definition) is 2. The molecule has 4 nitrogen and oxygen atoms in total. The lowest BCUT2D eigenvalue weighted by Crippen LogP contribution is -2.44. The highest BCUT2D eigenvalue weighted by Crippen LogP contribution is 2.16. The third kappa shape index (κ3) is 5.60. The van der Waals surface area contributed by atoms with Crippen molar-refractivity contribution in [2.24, 2.45) is 0 Å². The Balaban J connectivity index is 2.10. The van der Waals surface area contributed by atoms with Gasteiger partial charge in [0.15, 0.2) is 0 Å². The van der Waals surface area contributed by atoms with Crippen LogP contribution in [0.15, 0.2) is 48.5 Å². The van der Waals surface area contributed by atoms with Gasteiger partial charge < -0.3 is 10.6 Å². The molecule has 0 aromatic heterocycles. The Kier molecular flexibility index (Phi) is 7.01. The minimum absolute atomic E-state index is 0.294. The first-order valence-electron chi connectivity index (χ1n) is 7.93. The van der Waals surface area contributed by atoms with E-state index in [-0.39, 0.29) is 17.6 Å². The molecule has 0 bridgehead atoms. The van der Waals surface area contributed by atoms with Gasteiger partial charge in [0.2, 0.25) is 5.91 Å². The number of nitrogens with one attached hydrogen (secondary N) is 2. The molecule has 0 radical (unpaired) electrons. The second-order valence-corrected chi connectivity index (χ2v) is 6.61. The quantitative estimate of drug-likeness (QED) is 0.793. The van der Waals surface area contributed by atoms with Crippen LogP contribution in [0.25, 0.3) is 0 Å². The van der Waals surface area contributed by atoms with Crippen LogP contribution in [-0.2, 0) is 4.79 Å². The lowest BCUT2D eigenvalue weighted by Gasteiger charge is -2.19. The maximum Gasteiger partial charge on any atom is 0.251 e. The molecular formula is C19H21FN2O2S. The van der Waals surface area contributed by atoms with Gasteiger partial charge in [0.25, 0.3) is 5.91 Å². The van der Waals surface area contributed by atoms with Gasteiger partial charge in [-0.2, -0.15) is 11.8 Å². The summed E-state index contributed by atoms with van der Waals surface area (Å²) >= 11 is 1.60. The van der Waals surface area contributed by atoms with Gasteiger partial charge in [-0.25, -0.2) is 4.39 Å². The first-order chi connectivity index (χ1) is 12.0. The molecule has 0 saturated heterocycles. The van der Waals surface area contributed by atoms with E-state index in [1.165, 1.54) is 18.2 Å². The summed E-state index contributed by atoms with van der Waals surface area (Å²) in [4.78, 5) is 24.9. The van der Waals surface area contributed by atoms with E-state index in [1.54, 1.807) is 43.0 Å². The molecule has 0 unspecified atom stereocenters. The summed E-state index contributed by atoms with van der Waals surface area (Å²) in [6.07, 6.45) is 2.45. The fourth-order valence-corrected chi connectivity index (χ4v) is 2.79. The lowest BCUT2D eigenvalue weighted by molar-refractivity contribution is -0.118. The van der Waals surface area contributed by atoms with Gasteiger partial charge in [-0.15, -0.1) is 0 Å². The fourth-order valence-electron chi connectivity index (χ4n) is 2.32. The van der Waals surface area contributed by atoms with Gasteiger partial charge in [-0.05, 0) is 61.2 Å². The normalized spacial score (nSPS) is 11.6. The molecule has 2 N–H and O–H groups in total. The van der Waals surface area contributed by atoms with E-state index >= 15 is 0 Å². The Morgan fingerprint density at radius 2 is 1.88 bits per heavy atom. The number of halogens is 1. The Morgan fingerprint density at radius 3 is 2.52 bits per heavy atom. The number of carbonyl (C=O) groups is 2. The first-order valence-corrected chi connectivity index (χ1v) is 9.32. The SMILES string of the molecule is CSCC[C@@H](NC(=O)c1ccccc1)C(=O)Nc1ccc(F)cc1C. The molecule has 2 amide bonds. The minimum atomic E-state index is -0.662. The maximum atomic E-state index is 13.2. The highest BCUT2D eigenvalue weighted by Gasteiger charge is 2.21. The number of carbonyl (C=O) groups excluding carboxylic acids is 2. The van der Waals surface area contributed by atoms with Crippen LogP contribution in [-0.4, -0.2) is 29.9 Å². The van der Waals surface area contributed by atoms with E-state index in [2.05, 4.69) is 10.6 Å². The average molecular weight is 360 g/mol. The summed E-state index contributed by atoms with van der Waals surface area (Å²) in [6.45, 7) is 1.72. The number of amides is 2. The van der Waals surface area contributed by atoms with E-state index < -0.39 is 6.04 Å². The zero-order chi connectivity index (χ0) is 18.2. The van der Waals surface area contributed by atoms with Crippen molar-refractivity contribution in [1.82, 2.24) is 5.32 Å². The van der Waals surface area contributed by atoms with E-state index in [0.717, 1.165) is 5.75 Å². The smallest absolute Gasteiger partial charge is 0.251 e. The van der Waals surface area contributed by atoms with Crippen LogP contribution in [0.3, 0.4) is 0 Å². The summed E-state index contributed by atoms with van der Waals surface area (Å²) in [7, 11) is 0. The Bertz CT molecular complexity index is 737. The zero-order valence-corrected chi connectivity index (χ0v) is 15.0. The summed E-state index contributed by atoms with van der Waals surface area (Å²) in [5.74, 6) is -0.229. The second kappa shape index (κ2) is 9.22. The predicted molar refractivity (Wildman–Crippen MR) is 100 cm³/mol. The number of hydrogen-bond acceptors (Lipinski definition) is 3. The molecule has 6 heteroatoms. The molecule has 2 rings (SSSR count). The molecule has 132 valence electrons. The van der Waals surface area contributed by atoms with Crippen LogP contribution in [0, 0.1) is 12.7 Å². The van der Waals surface area contributed by atoms with Gasteiger partial charge in [0.05, 0.1) is 0 Å². The van der Waals surface area contributed by atoms with E-state index in [0.29, 0.717) is 23.2 Å². The molecule has 0 saturated carbocycles. The molecule has 0 fully saturated rings. The second-order valence-electron chi connectivity index (χ2n) is 5.62. The highest BCUT2D eigenvalue weighted by atomic mass is 32.2. The van der Waals surface area contributed by atoms with Gasteiger partial charge in [0.1, 0.15) is 11.9 Å².